The van der Waals surface area contributed by atoms with E-state index in [0.717, 1.165) is 28.5 Å². The molecule has 0 saturated heterocycles. The Balaban J connectivity index is 1.71. The minimum Gasteiger partial charge on any atom is -0.346 e. The summed E-state index contributed by atoms with van der Waals surface area (Å²) >= 11 is 0. The lowest BCUT2D eigenvalue weighted by Gasteiger charge is -2.22. The Morgan fingerprint density at radius 3 is 2.87 bits per heavy atom. The fourth-order valence-corrected chi connectivity index (χ4v) is 2.90. The van der Waals surface area contributed by atoms with Crippen molar-refractivity contribution in [1.82, 2.24) is 24.7 Å². The largest absolute Gasteiger partial charge is 0.346 e. The average molecular weight is 308 g/mol. The van der Waals surface area contributed by atoms with Crippen LogP contribution >= 0.6 is 0 Å². The van der Waals surface area contributed by atoms with Crippen LogP contribution in [0.25, 0.3) is 0 Å². The normalized spacial score (nSPS) is 16.9. The number of nitrogens with zero attached hydrogens (tertiary/aromatic N) is 4. The van der Waals surface area contributed by atoms with Gasteiger partial charge in [0, 0.05) is 36.3 Å². The highest BCUT2D eigenvalue weighted by Gasteiger charge is 2.31. The molecular weight excluding hydrogens is 292 g/mol. The molecule has 7 nitrogen and oxygen atoms in total. The van der Waals surface area contributed by atoms with E-state index in [-0.39, 0.29) is 11.8 Å². The number of hydrogen-bond acceptors (Lipinski definition) is 4. The second kappa shape index (κ2) is 5.35. The van der Waals surface area contributed by atoms with Crippen LogP contribution in [-0.2, 0) is 11.3 Å². The van der Waals surface area contributed by atoms with E-state index >= 15 is 0 Å². The van der Waals surface area contributed by atoms with Crippen molar-refractivity contribution in [2.45, 2.75) is 25.8 Å². The standard InChI is InChI=1S/C16H16N6O/c1-10-7-18-15(20-10)12-6-14(23)21-16-13(12)8-19-22(16)9-11-2-4-17-5-3-11/h2-5,7-8,12H,6,9H2,1H3,(H,18,20)(H,21,23)/t12-/m1/s1. The summed E-state index contributed by atoms with van der Waals surface area (Å²) < 4.78 is 1.81. The fourth-order valence-electron chi connectivity index (χ4n) is 2.90. The predicted molar refractivity (Wildman–Crippen MR) is 84.0 cm³/mol. The Morgan fingerprint density at radius 2 is 2.13 bits per heavy atom. The average Bonchev–Trinajstić information content (AvgIpc) is 3.15. The van der Waals surface area contributed by atoms with Crippen LogP contribution in [0.3, 0.4) is 0 Å². The monoisotopic (exact) mass is 308 g/mol. The summed E-state index contributed by atoms with van der Waals surface area (Å²) in [5.41, 5.74) is 3.06. The van der Waals surface area contributed by atoms with Gasteiger partial charge in [0.1, 0.15) is 11.6 Å². The molecule has 1 aliphatic rings. The first-order valence-corrected chi connectivity index (χ1v) is 7.46. The van der Waals surface area contributed by atoms with E-state index in [0.29, 0.717) is 13.0 Å². The van der Waals surface area contributed by atoms with Gasteiger partial charge in [-0.05, 0) is 24.6 Å². The van der Waals surface area contributed by atoms with E-state index in [1.165, 1.54) is 0 Å². The molecular formula is C16H16N6O. The summed E-state index contributed by atoms with van der Waals surface area (Å²) in [6, 6.07) is 3.87. The molecule has 1 amide bonds. The SMILES string of the molecule is Cc1cnc([C@@H]2CC(=O)Nc3c2cnn3Cc2ccncc2)[nH]1. The number of rotatable bonds is 3. The highest BCUT2D eigenvalue weighted by atomic mass is 16.1. The first-order valence-electron chi connectivity index (χ1n) is 7.46. The highest BCUT2D eigenvalue weighted by Crippen LogP contribution is 2.35. The number of aryl methyl sites for hydroxylation is 1. The van der Waals surface area contributed by atoms with E-state index in [9.17, 15) is 4.79 Å². The molecule has 0 unspecified atom stereocenters. The molecule has 0 radical (unpaired) electrons. The lowest BCUT2D eigenvalue weighted by molar-refractivity contribution is -0.116. The maximum atomic E-state index is 12.1. The van der Waals surface area contributed by atoms with E-state index in [4.69, 9.17) is 0 Å². The minimum absolute atomic E-state index is 0.0203. The Morgan fingerprint density at radius 1 is 1.30 bits per heavy atom. The van der Waals surface area contributed by atoms with Crippen LogP contribution in [0.5, 0.6) is 0 Å². The second-order valence-electron chi connectivity index (χ2n) is 5.72. The molecule has 2 N–H and O–H groups in total. The summed E-state index contributed by atoms with van der Waals surface area (Å²) in [7, 11) is 0. The van der Waals surface area contributed by atoms with Crippen LogP contribution in [0.1, 0.15) is 35.0 Å². The minimum atomic E-state index is -0.0846. The van der Waals surface area contributed by atoms with Gasteiger partial charge in [-0.15, -0.1) is 0 Å². The van der Waals surface area contributed by atoms with Gasteiger partial charge in [0.15, 0.2) is 0 Å². The second-order valence-corrected chi connectivity index (χ2v) is 5.72. The van der Waals surface area contributed by atoms with Crippen molar-refractivity contribution in [3.63, 3.8) is 0 Å². The van der Waals surface area contributed by atoms with Crippen molar-refractivity contribution in [2.24, 2.45) is 0 Å². The summed E-state index contributed by atoms with van der Waals surface area (Å²) in [6.07, 6.45) is 7.47. The Kier molecular flexibility index (Phi) is 3.18. The molecule has 116 valence electrons. The Hall–Kier alpha value is -2.96. The zero-order valence-electron chi connectivity index (χ0n) is 12.7. The van der Waals surface area contributed by atoms with Gasteiger partial charge in [-0.3, -0.25) is 9.78 Å². The molecule has 7 heteroatoms. The van der Waals surface area contributed by atoms with E-state index < -0.39 is 0 Å². The van der Waals surface area contributed by atoms with Gasteiger partial charge < -0.3 is 10.3 Å². The van der Waals surface area contributed by atoms with Gasteiger partial charge in [-0.25, -0.2) is 9.67 Å². The molecule has 1 aliphatic heterocycles. The predicted octanol–water partition coefficient (Wildman–Crippen LogP) is 1.83. The number of hydrogen-bond donors (Lipinski definition) is 2. The highest BCUT2D eigenvalue weighted by molar-refractivity contribution is 5.94. The molecule has 3 aromatic rings. The number of imidazole rings is 1. The number of nitrogens with one attached hydrogen (secondary N) is 2. The number of H-pyrrole nitrogens is 1. The molecule has 23 heavy (non-hydrogen) atoms. The van der Waals surface area contributed by atoms with Gasteiger partial charge >= 0.3 is 0 Å². The molecule has 0 saturated carbocycles. The molecule has 0 fully saturated rings. The number of anilines is 1. The molecule has 4 rings (SSSR count). The van der Waals surface area contributed by atoms with Gasteiger partial charge in [0.2, 0.25) is 5.91 Å². The van der Waals surface area contributed by atoms with Crippen molar-refractivity contribution < 1.29 is 4.79 Å². The van der Waals surface area contributed by atoms with Crippen LogP contribution in [0.15, 0.2) is 36.9 Å². The maximum absolute atomic E-state index is 12.1. The van der Waals surface area contributed by atoms with Gasteiger partial charge in [-0.1, -0.05) is 0 Å². The topological polar surface area (TPSA) is 88.5 Å². The third-order valence-corrected chi connectivity index (χ3v) is 4.02. The van der Waals surface area contributed by atoms with Gasteiger partial charge in [0.05, 0.1) is 18.7 Å². The number of carbonyl (C=O) groups excluding carboxylic acids is 1. The van der Waals surface area contributed by atoms with Crippen LogP contribution in [0, 0.1) is 6.92 Å². The summed E-state index contributed by atoms with van der Waals surface area (Å²) in [4.78, 5) is 23.7. The number of aromatic amines is 1. The van der Waals surface area contributed by atoms with Gasteiger partial charge in [0.25, 0.3) is 0 Å². The molecule has 0 aliphatic carbocycles. The van der Waals surface area contributed by atoms with Crippen LogP contribution in [0.2, 0.25) is 0 Å². The van der Waals surface area contributed by atoms with Crippen molar-refractivity contribution in [2.75, 3.05) is 5.32 Å². The van der Waals surface area contributed by atoms with Gasteiger partial charge in [-0.2, -0.15) is 5.10 Å². The molecule has 3 aromatic heterocycles. The first-order chi connectivity index (χ1) is 11.2. The lowest BCUT2D eigenvalue weighted by atomic mass is 9.93. The zero-order chi connectivity index (χ0) is 15.8. The molecule has 0 aromatic carbocycles. The molecule has 0 spiro atoms. The molecule has 0 bridgehead atoms. The quantitative estimate of drug-likeness (QED) is 0.772. The third-order valence-electron chi connectivity index (χ3n) is 4.02. The van der Waals surface area contributed by atoms with Crippen LogP contribution in [0.4, 0.5) is 5.82 Å². The van der Waals surface area contributed by atoms with E-state index in [1.54, 1.807) is 18.6 Å². The third kappa shape index (κ3) is 2.50. The van der Waals surface area contributed by atoms with Crippen molar-refractivity contribution >= 4 is 11.7 Å². The number of carbonyl (C=O) groups is 1. The summed E-state index contributed by atoms with van der Waals surface area (Å²) in [5, 5.41) is 7.39. The molecule has 1 atom stereocenters. The van der Waals surface area contributed by atoms with Crippen LogP contribution < -0.4 is 5.32 Å². The molecule has 4 heterocycles. The van der Waals surface area contributed by atoms with Crippen LogP contribution in [-0.4, -0.2) is 30.6 Å². The maximum Gasteiger partial charge on any atom is 0.226 e. The zero-order valence-corrected chi connectivity index (χ0v) is 12.7. The van der Waals surface area contributed by atoms with Crippen molar-refractivity contribution in [3.8, 4) is 0 Å². The van der Waals surface area contributed by atoms with E-state index in [2.05, 4.69) is 25.4 Å². The fraction of sp³-hybridized carbons (Fsp3) is 0.250. The number of amides is 1. The van der Waals surface area contributed by atoms with E-state index in [1.807, 2.05) is 29.9 Å². The number of fused-ring (bicyclic) bond motifs is 1. The van der Waals surface area contributed by atoms with Crippen molar-refractivity contribution in [3.05, 3.63) is 59.6 Å². The Labute approximate surface area is 132 Å². The summed E-state index contributed by atoms with van der Waals surface area (Å²) in [5.74, 6) is 1.45. The lowest BCUT2D eigenvalue weighted by Crippen LogP contribution is -2.25. The summed E-state index contributed by atoms with van der Waals surface area (Å²) in [6.45, 7) is 2.54. The Bertz CT molecular complexity index is 851. The van der Waals surface area contributed by atoms with Crippen molar-refractivity contribution in [1.29, 1.82) is 0 Å². The smallest absolute Gasteiger partial charge is 0.226 e. The number of aromatic nitrogens is 5. The number of pyridine rings is 1. The first kappa shape index (κ1) is 13.7.